The molecule has 0 unspecified atom stereocenters. The van der Waals surface area contributed by atoms with Gasteiger partial charge >= 0.3 is 5.97 Å². The Kier molecular flexibility index (Phi) is 1.65. The van der Waals surface area contributed by atoms with Crippen molar-refractivity contribution < 1.29 is 9.90 Å². The van der Waals surface area contributed by atoms with Crippen LogP contribution in [0.3, 0.4) is 0 Å². The summed E-state index contributed by atoms with van der Waals surface area (Å²) in [5.74, 6) is -0.702. The monoisotopic (exact) mass is 219 g/mol. The molecule has 4 heteroatoms. The lowest BCUT2D eigenvalue weighted by atomic mass is 9.96. The quantitative estimate of drug-likeness (QED) is 0.843. The topological polar surface area (TPSA) is 50.2 Å². The number of hydrogen-bond acceptors (Lipinski definition) is 3. The molecular formula is C11H9NO2S. The van der Waals surface area contributed by atoms with Gasteiger partial charge in [0.25, 0.3) is 0 Å². The van der Waals surface area contributed by atoms with Gasteiger partial charge in [0.2, 0.25) is 0 Å². The summed E-state index contributed by atoms with van der Waals surface area (Å²) in [5.41, 5.74) is 3.06. The van der Waals surface area contributed by atoms with Crippen LogP contribution in [-0.2, 0) is 10.2 Å². The average Bonchev–Trinajstić information content (AvgIpc) is 2.91. The Hall–Kier alpha value is -1.42. The number of aromatic nitrogens is 1. The molecule has 0 saturated heterocycles. The van der Waals surface area contributed by atoms with Gasteiger partial charge in [0, 0.05) is 0 Å². The van der Waals surface area contributed by atoms with Crippen molar-refractivity contribution >= 4 is 27.5 Å². The second-order valence-electron chi connectivity index (χ2n) is 3.92. The molecule has 1 saturated carbocycles. The summed E-state index contributed by atoms with van der Waals surface area (Å²) in [5, 5.41) is 9.17. The molecule has 1 aliphatic rings. The van der Waals surface area contributed by atoms with E-state index in [9.17, 15) is 4.79 Å². The van der Waals surface area contributed by atoms with Gasteiger partial charge in [-0.15, -0.1) is 11.3 Å². The largest absolute Gasteiger partial charge is 0.481 e. The molecule has 1 heterocycles. The maximum atomic E-state index is 11.1. The number of nitrogens with zero attached hydrogens (tertiary/aromatic N) is 1. The van der Waals surface area contributed by atoms with Crippen molar-refractivity contribution in [2.45, 2.75) is 18.3 Å². The fraction of sp³-hybridized carbons (Fsp3) is 0.273. The van der Waals surface area contributed by atoms with Crippen LogP contribution in [0.2, 0.25) is 0 Å². The minimum Gasteiger partial charge on any atom is -0.481 e. The molecule has 0 aliphatic heterocycles. The highest BCUT2D eigenvalue weighted by atomic mass is 32.1. The zero-order chi connectivity index (χ0) is 10.5. The molecule has 1 N–H and O–H groups in total. The van der Waals surface area contributed by atoms with Crippen molar-refractivity contribution in [3.8, 4) is 0 Å². The number of rotatable bonds is 2. The lowest BCUT2D eigenvalue weighted by Gasteiger charge is -2.09. The predicted molar refractivity (Wildman–Crippen MR) is 58.2 cm³/mol. The molecule has 15 heavy (non-hydrogen) atoms. The number of carboxylic acids is 1. The van der Waals surface area contributed by atoms with Gasteiger partial charge in [-0.2, -0.15) is 0 Å². The van der Waals surface area contributed by atoms with E-state index in [-0.39, 0.29) is 0 Å². The molecule has 3 nitrogen and oxygen atoms in total. The van der Waals surface area contributed by atoms with Crippen molar-refractivity contribution in [1.82, 2.24) is 4.98 Å². The van der Waals surface area contributed by atoms with Crippen LogP contribution >= 0.6 is 11.3 Å². The second kappa shape index (κ2) is 2.79. The highest BCUT2D eigenvalue weighted by Gasteiger charge is 2.51. The summed E-state index contributed by atoms with van der Waals surface area (Å²) in [6, 6.07) is 5.77. The molecule has 0 atom stereocenters. The number of carboxylic acid groups (broad SMARTS) is 1. The lowest BCUT2D eigenvalue weighted by molar-refractivity contribution is -0.140. The van der Waals surface area contributed by atoms with E-state index in [2.05, 4.69) is 4.98 Å². The molecule has 2 aromatic rings. The third-order valence-corrected chi connectivity index (χ3v) is 3.83. The lowest BCUT2D eigenvalue weighted by Crippen LogP contribution is -2.19. The minimum absolute atomic E-state index is 0.599. The van der Waals surface area contributed by atoms with E-state index in [1.807, 2.05) is 18.2 Å². The number of carbonyl (C=O) groups is 1. The number of thiazole rings is 1. The first-order chi connectivity index (χ1) is 7.22. The Labute approximate surface area is 90.4 Å². The fourth-order valence-corrected chi connectivity index (χ4v) is 2.62. The summed E-state index contributed by atoms with van der Waals surface area (Å²) in [4.78, 5) is 15.3. The van der Waals surface area contributed by atoms with Crippen molar-refractivity contribution in [1.29, 1.82) is 0 Å². The van der Waals surface area contributed by atoms with Crippen LogP contribution in [0.1, 0.15) is 18.4 Å². The van der Waals surface area contributed by atoms with E-state index in [4.69, 9.17) is 5.11 Å². The maximum Gasteiger partial charge on any atom is 0.314 e. The molecule has 0 bridgehead atoms. The molecule has 0 radical (unpaired) electrons. The van der Waals surface area contributed by atoms with E-state index in [0.717, 1.165) is 28.6 Å². The Bertz CT molecular complexity index is 542. The summed E-state index contributed by atoms with van der Waals surface area (Å²) < 4.78 is 1.07. The summed E-state index contributed by atoms with van der Waals surface area (Å²) >= 11 is 1.55. The van der Waals surface area contributed by atoms with Gasteiger partial charge in [0.05, 0.1) is 21.1 Å². The van der Waals surface area contributed by atoms with E-state index < -0.39 is 11.4 Å². The molecule has 76 valence electrons. The van der Waals surface area contributed by atoms with Crippen LogP contribution in [0.15, 0.2) is 23.7 Å². The number of benzene rings is 1. The van der Waals surface area contributed by atoms with Crippen molar-refractivity contribution in [3.63, 3.8) is 0 Å². The second-order valence-corrected chi connectivity index (χ2v) is 4.81. The number of fused-ring (bicyclic) bond motifs is 1. The molecule has 1 aliphatic carbocycles. The minimum atomic E-state index is -0.702. The van der Waals surface area contributed by atoms with Gasteiger partial charge in [-0.25, -0.2) is 4.98 Å². The third-order valence-electron chi connectivity index (χ3n) is 3.04. The van der Waals surface area contributed by atoms with Crippen molar-refractivity contribution in [3.05, 3.63) is 29.3 Å². The Morgan fingerprint density at radius 3 is 2.93 bits per heavy atom. The molecule has 1 aromatic heterocycles. The Morgan fingerprint density at radius 1 is 1.47 bits per heavy atom. The van der Waals surface area contributed by atoms with Gasteiger partial charge in [0.15, 0.2) is 0 Å². The van der Waals surface area contributed by atoms with Crippen LogP contribution in [-0.4, -0.2) is 16.1 Å². The summed E-state index contributed by atoms with van der Waals surface area (Å²) in [6.07, 6.45) is 1.51. The normalized spacial score (nSPS) is 17.9. The van der Waals surface area contributed by atoms with Crippen LogP contribution in [0.25, 0.3) is 10.2 Å². The Morgan fingerprint density at radius 2 is 2.27 bits per heavy atom. The molecule has 1 aromatic carbocycles. The SMILES string of the molecule is O=C(O)C1(c2ccc3ncsc3c2)CC1. The standard InChI is InChI=1S/C11H9NO2S/c13-10(14)11(3-4-11)7-1-2-8-9(5-7)15-6-12-8/h1-2,5-6H,3-4H2,(H,13,14). The first kappa shape index (κ1) is 8.85. The van der Waals surface area contributed by atoms with Crippen molar-refractivity contribution in [2.75, 3.05) is 0 Å². The summed E-state index contributed by atoms with van der Waals surface area (Å²) in [7, 11) is 0. The third kappa shape index (κ3) is 1.18. The number of hydrogen-bond donors (Lipinski definition) is 1. The molecule has 3 rings (SSSR count). The van der Waals surface area contributed by atoms with Gasteiger partial charge < -0.3 is 5.11 Å². The van der Waals surface area contributed by atoms with Gasteiger partial charge in [-0.3, -0.25) is 4.79 Å². The van der Waals surface area contributed by atoms with Crippen LogP contribution in [0.4, 0.5) is 0 Å². The maximum absolute atomic E-state index is 11.1. The molecule has 0 spiro atoms. The van der Waals surface area contributed by atoms with Gasteiger partial charge in [-0.05, 0) is 30.5 Å². The van der Waals surface area contributed by atoms with E-state index in [1.165, 1.54) is 0 Å². The highest BCUT2D eigenvalue weighted by Crippen LogP contribution is 2.49. The first-order valence-corrected chi connectivity index (χ1v) is 5.67. The molecule has 1 fully saturated rings. The smallest absolute Gasteiger partial charge is 0.314 e. The predicted octanol–water partition coefficient (Wildman–Crippen LogP) is 2.41. The van der Waals surface area contributed by atoms with Crippen LogP contribution in [0.5, 0.6) is 0 Å². The van der Waals surface area contributed by atoms with Gasteiger partial charge in [-0.1, -0.05) is 6.07 Å². The average molecular weight is 219 g/mol. The number of aliphatic carboxylic acids is 1. The van der Waals surface area contributed by atoms with E-state index >= 15 is 0 Å². The zero-order valence-electron chi connectivity index (χ0n) is 7.93. The van der Waals surface area contributed by atoms with E-state index in [0.29, 0.717) is 0 Å². The van der Waals surface area contributed by atoms with E-state index in [1.54, 1.807) is 16.8 Å². The first-order valence-electron chi connectivity index (χ1n) is 4.79. The molecule has 0 amide bonds. The van der Waals surface area contributed by atoms with Crippen LogP contribution in [0, 0.1) is 0 Å². The van der Waals surface area contributed by atoms with Gasteiger partial charge in [0.1, 0.15) is 0 Å². The van der Waals surface area contributed by atoms with Crippen molar-refractivity contribution in [2.24, 2.45) is 0 Å². The molecular weight excluding hydrogens is 210 g/mol. The summed E-state index contributed by atoms with van der Waals surface area (Å²) in [6.45, 7) is 0. The zero-order valence-corrected chi connectivity index (χ0v) is 8.75. The fourth-order valence-electron chi connectivity index (χ4n) is 1.90. The van der Waals surface area contributed by atoms with Crippen LogP contribution < -0.4 is 0 Å². The highest BCUT2D eigenvalue weighted by molar-refractivity contribution is 7.16. The Balaban J connectivity index is 2.15.